The Balaban J connectivity index is 2.18. The molecular weight excluding hydrogens is 278 g/mol. The lowest BCUT2D eigenvalue weighted by atomic mass is 10.1. The van der Waals surface area contributed by atoms with Gasteiger partial charge in [-0.05, 0) is 12.5 Å². The van der Waals surface area contributed by atoms with Gasteiger partial charge in [-0.2, -0.15) is 0 Å². The number of carbonyl (C=O) groups excluding carboxylic acids is 1. The van der Waals surface area contributed by atoms with E-state index in [-0.39, 0.29) is 10.9 Å². The molecule has 0 radical (unpaired) electrons. The zero-order chi connectivity index (χ0) is 13.8. The lowest BCUT2D eigenvalue weighted by Crippen LogP contribution is -2.36. The summed E-state index contributed by atoms with van der Waals surface area (Å²) in [5.74, 6) is -0.216. The first-order valence-electron chi connectivity index (χ1n) is 5.65. The van der Waals surface area contributed by atoms with Crippen LogP contribution in [-0.4, -0.2) is 15.9 Å². The third-order valence-electron chi connectivity index (χ3n) is 2.54. The summed E-state index contributed by atoms with van der Waals surface area (Å²) in [6.45, 7) is 1.85. The summed E-state index contributed by atoms with van der Waals surface area (Å²) in [4.78, 5) is 16.9. The Morgan fingerprint density at radius 2 is 2.11 bits per heavy atom. The van der Waals surface area contributed by atoms with Crippen molar-refractivity contribution in [1.82, 2.24) is 10.3 Å². The van der Waals surface area contributed by atoms with Crippen LogP contribution in [0.2, 0.25) is 0 Å². The zero-order valence-corrected chi connectivity index (χ0v) is 11.9. The van der Waals surface area contributed by atoms with Gasteiger partial charge in [-0.25, -0.2) is 4.98 Å². The van der Waals surface area contributed by atoms with Gasteiger partial charge in [-0.3, -0.25) is 4.79 Å². The van der Waals surface area contributed by atoms with E-state index in [1.165, 1.54) is 11.3 Å². The molecule has 1 atom stereocenters. The van der Waals surface area contributed by atoms with Crippen LogP contribution in [0.1, 0.15) is 26.3 Å². The van der Waals surface area contributed by atoms with E-state index >= 15 is 0 Å². The van der Waals surface area contributed by atoms with E-state index in [0.29, 0.717) is 4.88 Å². The van der Waals surface area contributed by atoms with Crippen molar-refractivity contribution in [1.29, 1.82) is 0 Å². The number of nitrogens with one attached hydrogen (secondary N) is 1. The van der Waals surface area contributed by atoms with E-state index in [4.69, 9.17) is 18.0 Å². The molecule has 0 fully saturated rings. The summed E-state index contributed by atoms with van der Waals surface area (Å²) in [5.41, 5.74) is 6.57. The van der Waals surface area contributed by atoms with E-state index in [1.54, 1.807) is 6.20 Å². The Hall–Kier alpha value is -1.79. The van der Waals surface area contributed by atoms with Crippen molar-refractivity contribution in [3.05, 3.63) is 52.0 Å². The molecule has 98 valence electrons. The van der Waals surface area contributed by atoms with Crippen molar-refractivity contribution in [2.75, 3.05) is 0 Å². The average Bonchev–Trinajstić information content (AvgIpc) is 2.83. The Labute approximate surface area is 120 Å². The molecule has 6 heteroatoms. The van der Waals surface area contributed by atoms with Crippen LogP contribution >= 0.6 is 23.6 Å². The Morgan fingerprint density at radius 1 is 1.42 bits per heavy atom. The maximum atomic E-state index is 12.1. The molecule has 1 aromatic heterocycles. The van der Waals surface area contributed by atoms with Crippen LogP contribution in [0.5, 0.6) is 0 Å². The van der Waals surface area contributed by atoms with Crippen molar-refractivity contribution in [2.45, 2.75) is 13.0 Å². The second kappa shape index (κ2) is 5.90. The van der Waals surface area contributed by atoms with Gasteiger partial charge in [0.25, 0.3) is 5.91 Å². The molecular formula is C13H13N3OS2. The Bertz CT molecular complexity index is 595. The van der Waals surface area contributed by atoms with E-state index in [1.807, 2.05) is 37.3 Å². The molecule has 1 heterocycles. The molecule has 4 nitrogen and oxygen atoms in total. The molecule has 0 spiro atoms. The second-order valence-corrected chi connectivity index (χ2v) is 5.67. The minimum Gasteiger partial charge on any atom is -0.391 e. The lowest BCUT2D eigenvalue weighted by Gasteiger charge is -2.17. The fourth-order valence-corrected chi connectivity index (χ4v) is 2.51. The number of rotatable bonds is 4. The largest absolute Gasteiger partial charge is 0.391 e. The van der Waals surface area contributed by atoms with Crippen molar-refractivity contribution in [3.63, 3.8) is 0 Å². The number of hydrogen-bond acceptors (Lipinski definition) is 4. The summed E-state index contributed by atoms with van der Waals surface area (Å²) >= 11 is 6.36. The summed E-state index contributed by atoms with van der Waals surface area (Å²) in [5, 5.41) is 3.67. The van der Waals surface area contributed by atoms with Gasteiger partial charge < -0.3 is 11.1 Å². The highest BCUT2D eigenvalue weighted by Gasteiger charge is 2.19. The number of thiocarbonyl (C=S) groups is 1. The number of aryl methyl sites for hydroxylation is 1. The van der Waals surface area contributed by atoms with Crippen molar-refractivity contribution in [3.8, 4) is 0 Å². The van der Waals surface area contributed by atoms with Crippen molar-refractivity contribution < 1.29 is 4.79 Å². The van der Waals surface area contributed by atoms with Crippen LogP contribution < -0.4 is 11.1 Å². The van der Waals surface area contributed by atoms with Gasteiger partial charge in [-0.15, -0.1) is 11.3 Å². The molecule has 0 saturated heterocycles. The number of nitrogens with zero attached hydrogens (tertiary/aromatic N) is 1. The molecule has 0 aliphatic rings. The number of carbonyl (C=O) groups is 1. The summed E-state index contributed by atoms with van der Waals surface area (Å²) < 4.78 is 0. The molecule has 1 aromatic carbocycles. The number of nitrogens with two attached hydrogens (primary N) is 1. The van der Waals surface area contributed by atoms with Gasteiger partial charge in [0.15, 0.2) is 0 Å². The minimum atomic E-state index is -0.467. The van der Waals surface area contributed by atoms with Gasteiger partial charge >= 0.3 is 0 Å². The average molecular weight is 291 g/mol. The number of aromatic nitrogens is 1. The maximum absolute atomic E-state index is 12.1. The molecule has 0 aliphatic carbocycles. The van der Waals surface area contributed by atoms with Gasteiger partial charge in [0.05, 0.1) is 11.2 Å². The Morgan fingerprint density at radius 3 is 2.63 bits per heavy atom. The standard InChI is InChI=1S/C13H13N3OS2/c1-8-15-7-10(19-8)13(17)16-11(12(14)18)9-5-3-2-4-6-9/h2-7,11H,1H3,(H2,14,18)(H,16,17). The summed E-state index contributed by atoms with van der Waals surface area (Å²) in [7, 11) is 0. The molecule has 1 amide bonds. The Kier molecular flexibility index (Phi) is 4.24. The fourth-order valence-electron chi connectivity index (χ4n) is 1.63. The van der Waals surface area contributed by atoms with Crippen LogP contribution in [0.4, 0.5) is 0 Å². The number of amides is 1. The van der Waals surface area contributed by atoms with Gasteiger partial charge in [-0.1, -0.05) is 42.5 Å². The fraction of sp³-hybridized carbons (Fsp3) is 0.154. The highest BCUT2D eigenvalue weighted by Crippen LogP contribution is 2.16. The van der Waals surface area contributed by atoms with E-state index in [0.717, 1.165) is 10.6 Å². The van der Waals surface area contributed by atoms with E-state index < -0.39 is 6.04 Å². The summed E-state index contributed by atoms with van der Waals surface area (Å²) in [6, 6.07) is 8.94. The minimum absolute atomic E-state index is 0.216. The molecule has 2 rings (SSSR count). The van der Waals surface area contributed by atoms with Crippen molar-refractivity contribution >= 4 is 34.5 Å². The van der Waals surface area contributed by atoms with Gasteiger partial charge in [0.2, 0.25) is 0 Å². The molecule has 0 bridgehead atoms. The quantitative estimate of drug-likeness (QED) is 0.848. The number of thiazole rings is 1. The van der Waals surface area contributed by atoms with Gasteiger partial charge in [0.1, 0.15) is 15.9 Å². The SMILES string of the molecule is Cc1ncc(C(=O)NC(C(N)=S)c2ccccc2)s1. The molecule has 0 saturated carbocycles. The lowest BCUT2D eigenvalue weighted by molar-refractivity contribution is 0.0950. The number of benzene rings is 1. The maximum Gasteiger partial charge on any atom is 0.263 e. The normalized spacial score (nSPS) is 11.8. The molecule has 2 aromatic rings. The highest BCUT2D eigenvalue weighted by molar-refractivity contribution is 7.80. The first kappa shape index (κ1) is 13.6. The first-order valence-corrected chi connectivity index (χ1v) is 6.88. The monoisotopic (exact) mass is 291 g/mol. The van der Waals surface area contributed by atoms with E-state index in [2.05, 4.69) is 10.3 Å². The predicted molar refractivity (Wildman–Crippen MR) is 80.3 cm³/mol. The first-order chi connectivity index (χ1) is 9.08. The van der Waals surface area contributed by atoms with Crippen LogP contribution in [-0.2, 0) is 0 Å². The predicted octanol–water partition coefficient (Wildman–Crippen LogP) is 2.21. The molecule has 3 N–H and O–H groups in total. The van der Waals surface area contributed by atoms with E-state index in [9.17, 15) is 4.79 Å². The zero-order valence-electron chi connectivity index (χ0n) is 10.3. The third-order valence-corrected chi connectivity index (χ3v) is 3.69. The third kappa shape index (κ3) is 3.36. The molecule has 0 aliphatic heterocycles. The summed E-state index contributed by atoms with van der Waals surface area (Å²) in [6.07, 6.45) is 1.55. The molecule has 1 unspecified atom stereocenters. The van der Waals surface area contributed by atoms with Crippen LogP contribution in [0.25, 0.3) is 0 Å². The highest BCUT2D eigenvalue weighted by atomic mass is 32.1. The van der Waals surface area contributed by atoms with Crippen LogP contribution in [0.3, 0.4) is 0 Å². The topological polar surface area (TPSA) is 68.0 Å². The smallest absolute Gasteiger partial charge is 0.263 e. The van der Waals surface area contributed by atoms with Crippen molar-refractivity contribution in [2.24, 2.45) is 5.73 Å². The van der Waals surface area contributed by atoms with Gasteiger partial charge in [0, 0.05) is 0 Å². The molecule has 19 heavy (non-hydrogen) atoms. The van der Waals surface area contributed by atoms with Crippen LogP contribution in [0.15, 0.2) is 36.5 Å². The van der Waals surface area contributed by atoms with Crippen LogP contribution in [0, 0.1) is 6.92 Å². The second-order valence-electron chi connectivity index (χ2n) is 3.96. The number of hydrogen-bond donors (Lipinski definition) is 2.